The molecule has 0 aliphatic carbocycles. The van der Waals surface area contributed by atoms with Gasteiger partial charge in [-0.15, -0.1) is 11.6 Å². The van der Waals surface area contributed by atoms with Crippen molar-refractivity contribution < 1.29 is 14.6 Å². The minimum Gasteiger partial charge on any atom is -0.504 e. The van der Waals surface area contributed by atoms with Crippen molar-refractivity contribution in [2.24, 2.45) is 0 Å². The first-order chi connectivity index (χ1) is 7.72. The number of ether oxygens (including phenoxy) is 1. The van der Waals surface area contributed by atoms with Crippen molar-refractivity contribution in [2.75, 3.05) is 12.5 Å². The minimum absolute atomic E-state index is 0.0221. The van der Waals surface area contributed by atoms with E-state index in [0.717, 1.165) is 0 Å². The van der Waals surface area contributed by atoms with Crippen molar-refractivity contribution in [1.29, 1.82) is 0 Å². The topological polar surface area (TPSA) is 46.5 Å². The monoisotopic (exact) mass is 240 g/mol. The number of allylic oxidation sites excluding steroid dienone is 1. The molecule has 0 fully saturated rings. The molecule has 1 aromatic carbocycles. The summed E-state index contributed by atoms with van der Waals surface area (Å²) in [6, 6.07) is 3.08. The van der Waals surface area contributed by atoms with E-state index in [1.54, 1.807) is 25.1 Å². The number of hydrogen-bond donors (Lipinski definition) is 1. The highest BCUT2D eigenvalue weighted by atomic mass is 35.5. The fraction of sp³-hybridized carbons (Fsp3) is 0.250. The maximum absolute atomic E-state index is 10.7. The molecule has 86 valence electrons. The normalized spacial score (nSPS) is 10.6. The first-order valence-electron chi connectivity index (χ1n) is 4.90. The molecule has 0 radical (unpaired) electrons. The largest absolute Gasteiger partial charge is 0.504 e. The lowest BCUT2D eigenvalue weighted by molar-refractivity contribution is 0.112. The lowest BCUT2D eigenvalue weighted by Gasteiger charge is -2.09. The predicted molar refractivity (Wildman–Crippen MR) is 64.4 cm³/mol. The van der Waals surface area contributed by atoms with Crippen molar-refractivity contribution in [2.45, 2.75) is 6.92 Å². The summed E-state index contributed by atoms with van der Waals surface area (Å²) >= 11 is 5.51. The highest BCUT2D eigenvalue weighted by Crippen LogP contribution is 2.32. The van der Waals surface area contributed by atoms with Crippen molar-refractivity contribution >= 4 is 24.0 Å². The zero-order chi connectivity index (χ0) is 12.0. The summed E-state index contributed by atoms with van der Waals surface area (Å²) in [7, 11) is 0. The van der Waals surface area contributed by atoms with Gasteiger partial charge in [0.2, 0.25) is 0 Å². The number of halogens is 1. The summed E-state index contributed by atoms with van der Waals surface area (Å²) in [5.74, 6) is 0.671. The molecule has 0 aromatic heterocycles. The van der Waals surface area contributed by atoms with Crippen LogP contribution in [0.15, 0.2) is 18.2 Å². The van der Waals surface area contributed by atoms with Gasteiger partial charge in [0, 0.05) is 17.0 Å². The number of phenols is 1. The lowest BCUT2D eigenvalue weighted by atomic mass is 10.1. The summed E-state index contributed by atoms with van der Waals surface area (Å²) in [5, 5.41) is 9.83. The van der Waals surface area contributed by atoms with Crippen LogP contribution in [0.5, 0.6) is 11.5 Å². The highest BCUT2D eigenvalue weighted by Gasteiger charge is 2.08. The van der Waals surface area contributed by atoms with Gasteiger partial charge in [-0.3, -0.25) is 4.79 Å². The van der Waals surface area contributed by atoms with Crippen molar-refractivity contribution in [3.8, 4) is 11.5 Å². The number of aromatic hydroxyl groups is 1. The molecule has 0 spiro atoms. The number of phenolic OH excluding ortho intramolecular Hbond substituents is 1. The van der Waals surface area contributed by atoms with Crippen LogP contribution in [0.1, 0.15) is 22.8 Å². The molecule has 0 aliphatic rings. The Bertz CT molecular complexity index is 399. The molecule has 0 saturated heterocycles. The second kappa shape index (κ2) is 6.18. The Hall–Kier alpha value is -1.48. The van der Waals surface area contributed by atoms with Crippen LogP contribution in [0.25, 0.3) is 6.08 Å². The molecule has 4 heteroatoms. The van der Waals surface area contributed by atoms with Gasteiger partial charge in [0.05, 0.1) is 6.61 Å². The Labute approximate surface area is 99.3 Å². The molecule has 1 aromatic rings. The van der Waals surface area contributed by atoms with Crippen LogP contribution in [0.4, 0.5) is 0 Å². The van der Waals surface area contributed by atoms with Gasteiger partial charge in [-0.1, -0.05) is 12.2 Å². The molecule has 0 atom stereocenters. The molecule has 1 rings (SSSR count). The molecule has 0 aliphatic heterocycles. The van der Waals surface area contributed by atoms with Crippen molar-refractivity contribution in [3.63, 3.8) is 0 Å². The number of carbonyl (C=O) groups excluding carboxylic acids is 1. The van der Waals surface area contributed by atoms with Crippen molar-refractivity contribution in [1.82, 2.24) is 0 Å². The van der Waals surface area contributed by atoms with E-state index in [9.17, 15) is 9.90 Å². The zero-order valence-corrected chi connectivity index (χ0v) is 9.70. The van der Waals surface area contributed by atoms with Crippen LogP contribution in [-0.4, -0.2) is 23.9 Å². The van der Waals surface area contributed by atoms with Crippen LogP contribution in [0.3, 0.4) is 0 Å². The number of hydrogen-bond acceptors (Lipinski definition) is 3. The fourth-order valence-electron chi connectivity index (χ4n) is 1.28. The first kappa shape index (κ1) is 12.6. The third kappa shape index (κ3) is 3.00. The molecule has 0 unspecified atom stereocenters. The van der Waals surface area contributed by atoms with Gasteiger partial charge in [0.1, 0.15) is 6.29 Å². The number of benzene rings is 1. The number of carbonyl (C=O) groups is 1. The fourth-order valence-corrected chi connectivity index (χ4v) is 1.37. The lowest BCUT2D eigenvalue weighted by Crippen LogP contribution is -1.94. The summed E-state index contributed by atoms with van der Waals surface area (Å²) in [6.07, 6.45) is 4.04. The summed E-state index contributed by atoms with van der Waals surface area (Å²) in [6.45, 7) is 2.23. The van der Waals surface area contributed by atoms with E-state index in [1.807, 2.05) is 0 Å². The summed E-state index contributed by atoms with van der Waals surface area (Å²) < 4.78 is 5.22. The summed E-state index contributed by atoms with van der Waals surface area (Å²) in [5.41, 5.74) is 0.976. The summed E-state index contributed by atoms with van der Waals surface area (Å²) in [4.78, 5) is 10.7. The first-order valence-corrected chi connectivity index (χ1v) is 5.43. The van der Waals surface area contributed by atoms with E-state index < -0.39 is 0 Å². The molecule has 1 N–H and O–H groups in total. The van der Waals surface area contributed by atoms with Gasteiger partial charge >= 0.3 is 0 Å². The molecular formula is C12H13ClO3. The zero-order valence-electron chi connectivity index (χ0n) is 8.94. The minimum atomic E-state index is 0.0221. The van der Waals surface area contributed by atoms with Crippen LogP contribution in [-0.2, 0) is 0 Å². The average molecular weight is 241 g/mol. The maximum Gasteiger partial charge on any atom is 0.165 e. The van der Waals surface area contributed by atoms with Gasteiger partial charge in [-0.05, 0) is 19.1 Å². The predicted octanol–water partition coefficient (Wildman–Crippen LogP) is 2.86. The number of alkyl halides is 1. The molecule has 0 saturated carbocycles. The Kier molecular flexibility index (Phi) is 4.86. The second-order valence-electron chi connectivity index (χ2n) is 3.06. The smallest absolute Gasteiger partial charge is 0.165 e. The Morgan fingerprint density at radius 2 is 2.25 bits per heavy atom. The van der Waals surface area contributed by atoms with E-state index in [1.165, 1.54) is 6.07 Å². The van der Waals surface area contributed by atoms with Gasteiger partial charge in [0.15, 0.2) is 11.5 Å². The van der Waals surface area contributed by atoms with E-state index in [2.05, 4.69) is 0 Å². The standard InChI is InChI=1S/C12H13ClO3/c1-2-16-11-7-9(8-14)6-10(12(11)15)4-3-5-13/h3-4,6-8,15H,2,5H2,1H3. The maximum atomic E-state index is 10.7. The van der Waals surface area contributed by atoms with Crippen LogP contribution in [0, 0.1) is 0 Å². The molecule has 0 amide bonds. The van der Waals surface area contributed by atoms with Gasteiger partial charge in [-0.2, -0.15) is 0 Å². The second-order valence-corrected chi connectivity index (χ2v) is 3.37. The van der Waals surface area contributed by atoms with Crippen LogP contribution >= 0.6 is 11.6 Å². The van der Waals surface area contributed by atoms with Crippen LogP contribution < -0.4 is 4.74 Å². The molecule has 0 heterocycles. The van der Waals surface area contributed by atoms with E-state index in [-0.39, 0.29) is 5.75 Å². The van der Waals surface area contributed by atoms with E-state index in [4.69, 9.17) is 16.3 Å². The molecule has 0 bridgehead atoms. The SMILES string of the molecule is CCOc1cc(C=O)cc(C=CCCl)c1O. The number of aldehydes is 1. The highest BCUT2D eigenvalue weighted by molar-refractivity contribution is 6.19. The Balaban J connectivity index is 3.19. The molecule has 16 heavy (non-hydrogen) atoms. The quantitative estimate of drug-likeness (QED) is 0.636. The van der Waals surface area contributed by atoms with Gasteiger partial charge < -0.3 is 9.84 Å². The van der Waals surface area contributed by atoms with E-state index in [0.29, 0.717) is 35.6 Å². The Morgan fingerprint density at radius 3 is 2.81 bits per heavy atom. The van der Waals surface area contributed by atoms with E-state index >= 15 is 0 Å². The van der Waals surface area contributed by atoms with Gasteiger partial charge in [-0.25, -0.2) is 0 Å². The Morgan fingerprint density at radius 1 is 1.50 bits per heavy atom. The molecular weight excluding hydrogens is 228 g/mol. The van der Waals surface area contributed by atoms with Crippen LogP contribution in [0.2, 0.25) is 0 Å². The van der Waals surface area contributed by atoms with Crippen molar-refractivity contribution in [3.05, 3.63) is 29.3 Å². The average Bonchev–Trinajstić information content (AvgIpc) is 2.30. The third-order valence-corrected chi connectivity index (χ3v) is 2.13. The molecule has 3 nitrogen and oxygen atoms in total. The third-order valence-electron chi connectivity index (χ3n) is 1.95. The van der Waals surface area contributed by atoms with Gasteiger partial charge in [0.25, 0.3) is 0 Å². The number of rotatable bonds is 5.